The van der Waals surface area contributed by atoms with E-state index >= 15 is 0 Å². The van der Waals surface area contributed by atoms with Gasteiger partial charge in [0.2, 0.25) is 0 Å². The molecule has 0 spiro atoms. The standard InChI is InChI=1S/C63H35F9N6/c1-36-20-24-47(53(28-36)62(67,68)69)39-21-26-55-49(29-39)50-30-40(48-25-23-44(61(64,65)66)33-54(48)63(70,71)72)22-27-56(50)78(55)57-51(45-18-10-8-16-41(45)34-73)31-43(32-52(57)46-19-11-9-17-42(46)35-74)60-76-58(37-12-4-2-5-13-37)75-59(77-60)38-14-6-3-7-15-38/h2-33H,1H3. The molecule has 0 aliphatic carbocycles. The van der Waals surface area contributed by atoms with Gasteiger partial charge in [-0.2, -0.15) is 50.0 Å². The van der Waals surface area contributed by atoms with Gasteiger partial charge >= 0.3 is 18.5 Å². The second-order valence-electron chi connectivity index (χ2n) is 18.4. The normalized spacial score (nSPS) is 11.9. The van der Waals surface area contributed by atoms with E-state index in [4.69, 9.17) is 15.0 Å². The lowest BCUT2D eigenvalue weighted by molar-refractivity contribution is -0.143. The Bertz CT molecular complexity index is 4120. The Kier molecular flexibility index (Phi) is 12.5. The Morgan fingerprint density at radius 3 is 1.24 bits per heavy atom. The maximum Gasteiger partial charge on any atom is 0.417 e. The van der Waals surface area contributed by atoms with Crippen LogP contribution in [0.15, 0.2) is 194 Å². The van der Waals surface area contributed by atoms with Gasteiger partial charge < -0.3 is 4.57 Å². The molecule has 9 aromatic carbocycles. The molecule has 0 atom stereocenters. The average molecular weight is 1050 g/mol. The number of benzene rings is 9. The second-order valence-corrected chi connectivity index (χ2v) is 18.4. The van der Waals surface area contributed by atoms with Crippen LogP contribution in [-0.2, 0) is 18.5 Å². The lowest BCUT2D eigenvalue weighted by Gasteiger charge is -2.22. The van der Waals surface area contributed by atoms with Crippen LogP contribution < -0.4 is 0 Å². The van der Waals surface area contributed by atoms with Gasteiger partial charge in [0, 0.05) is 49.7 Å². The van der Waals surface area contributed by atoms with Gasteiger partial charge in [0.05, 0.1) is 56.7 Å². The number of fused-ring (bicyclic) bond motifs is 3. The second kappa shape index (κ2) is 19.4. The van der Waals surface area contributed by atoms with Gasteiger partial charge in [-0.1, -0.05) is 133 Å². The van der Waals surface area contributed by atoms with Gasteiger partial charge in [-0.3, -0.25) is 0 Å². The van der Waals surface area contributed by atoms with E-state index in [9.17, 15) is 50.0 Å². The third-order valence-corrected chi connectivity index (χ3v) is 13.5. The van der Waals surface area contributed by atoms with Crippen LogP contribution in [0.1, 0.15) is 33.4 Å². The summed E-state index contributed by atoms with van der Waals surface area (Å²) in [5.41, 5.74) is 0.228. The minimum atomic E-state index is -5.25. The molecule has 0 saturated heterocycles. The summed E-state index contributed by atoms with van der Waals surface area (Å²) in [6, 6.07) is 54.1. The highest BCUT2D eigenvalue weighted by molar-refractivity contribution is 6.13. The van der Waals surface area contributed by atoms with E-state index in [0.29, 0.717) is 78.9 Å². The van der Waals surface area contributed by atoms with Crippen molar-refractivity contribution in [1.82, 2.24) is 19.5 Å². The number of aryl methyl sites for hydroxylation is 1. The molecule has 0 amide bonds. The van der Waals surface area contributed by atoms with E-state index in [1.807, 2.05) is 60.7 Å². The van der Waals surface area contributed by atoms with Crippen molar-refractivity contribution in [2.45, 2.75) is 25.5 Å². The predicted molar refractivity (Wildman–Crippen MR) is 281 cm³/mol. The molecule has 0 N–H and O–H groups in total. The van der Waals surface area contributed by atoms with Crippen LogP contribution >= 0.6 is 0 Å². The Morgan fingerprint density at radius 2 is 0.795 bits per heavy atom. The Morgan fingerprint density at radius 1 is 0.372 bits per heavy atom. The van der Waals surface area contributed by atoms with E-state index in [0.717, 1.165) is 12.1 Å². The molecule has 2 aromatic heterocycles. The van der Waals surface area contributed by atoms with E-state index in [1.54, 1.807) is 71.3 Å². The summed E-state index contributed by atoms with van der Waals surface area (Å²) < 4.78 is 133. The molecule has 11 rings (SSSR count). The van der Waals surface area contributed by atoms with Crippen LogP contribution in [0.2, 0.25) is 0 Å². The van der Waals surface area contributed by atoms with E-state index in [1.165, 1.54) is 49.4 Å². The Hall–Kier alpha value is -9.86. The molecule has 78 heavy (non-hydrogen) atoms. The summed E-state index contributed by atoms with van der Waals surface area (Å²) in [7, 11) is 0. The van der Waals surface area contributed by atoms with Gasteiger partial charge in [-0.25, -0.2) is 15.0 Å². The molecule has 11 aromatic rings. The van der Waals surface area contributed by atoms with Crippen molar-refractivity contribution in [1.29, 1.82) is 10.5 Å². The number of halogens is 9. The van der Waals surface area contributed by atoms with Crippen LogP contribution in [-0.4, -0.2) is 19.5 Å². The highest BCUT2D eigenvalue weighted by Gasteiger charge is 2.39. The van der Waals surface area contributed by atoms with Crippen molar-refractivity contribution in [3.05, 3.63) is 228 Å². The van der Waals surface area contributed by atoms with Crippen LogP contribution in [0, 0.1) is 29.6 Å². The van der Waals surface area contributed by atoms with Gasteiger partial charge in [0.15, 0.2) is 17.5 Å². The lowest BCUT2D eigenvalue weighted by atomic mass is 9.89. The first-order valence-corrected chi connectivity index (χ1v) is 24.0. The number of aromatic nitrogens is 4. The molecule has 0 bridgehead atoms. The topological polar surface area (TPSA) is 91.2 Å². The summed E-state index contributed by atoms with van der Waals surface area (Å²) in [6.45, 7) is 1.52. The zero-order valence-electron chi connectivity index (χ0n) is 40.6. The molecular weight excluding hydrogens is 1010 g/mol. The first-order chi connectivity index (χ1) is 37.4. The van der Waals surface area contributed by atoms with Crippen molar-refractivity contribution < 1.29 is 39.5 Å². The molecule has 15 heteroatoms. The fourth-order valence-corrected chi connectivity index (χ4v) is 9.93. The molecule has 380 valence electrons. The van der Waals surface area contributed by atoms with Crippen LogP contribution in [0.3, 0.4) is 0 Å². The fourth-order valence-electron chi connectivity index (χ4n) is 9.93. The molecule has 2 heterocycles. The summed E-state index contributed by atoms with van der Waals surface area (Å²) in [5.74, 6) is 0.867. The first kappa shape index (κ1) is 50.3. The van der Waals surface area contributed by atoms with Crippen molar-refractivity contribution in [2.75, 3.05) is 0 Å². The molecule has 0 saturated carbocycles. The van der Waals surface area contributed by atoms with Crippen LogP contribution in [0.5, 0.6) is 0 Å². The third kappa shape index (κ3) is 9.25. The van der Waals surface area contributed by atoms with Crippen LogP contribution in [0.25, 0.3) is 106 Å². The average Bonchev–Trinajstić information content (AvgIpc) is 3.91. The number of alkyl halides is 9. The minimum absolute atomic E-state index is 0.0501. The summed E-state index contributed by atoms with van der Waals surface area (Å²) in [5, 5.41) is 22.0. The largest absolute Gasteiger partial charge is 0.417 e. The maximum absolute atomic E-state index is 14.9. The van der Waals surface area contributed by atoms with E-state index in [-0.39, 0.29) is 50.5 Å². The predicted octanol–water partition coefficient (Wildman–Crippen LogP) is 17.7. The number of hydrogen-bond donors (Lipinski definition) is 0. The molecule has 0 unspecified atom stereocenters. The van der Waals surface area contributed by atoms with Gasteiger partial charge in [0.1, 0.15) is 0 Å². The SMILES string of the molecule is Cc1ccc(-c2ccc3c(c2)c2cc(-c4ccc(C(F)(F)F)cc4C(F)(F)F)ccc2n3-c2c(-c3ccccc3C#N)cc(-c3nc(-c4ccccc4)nc(-c4ccccc4)n3)cc2-c2ccccc2C#N)c(C(F)(F)F)c1. The fraction of sp³-hybridized carbons (Fsp3) is 0.0635. The number of hydrogen-bond acceptors (Lipinski definition) is 5. The highest BCUT2D eigenvalue weighted by atomic mass is 19.4. The van der Waals surface area contributed by atoms with Gasteiger partial charge in [-0.05, 0) is 95.9 Å². The van der Waals surface area contributed by atoms with Crippen molar-refractivity contribution >= 4 is 21.8 Å². The van der Waals surface area contributed by atoms with Crippen molar-refractivity contribution in [3.63, 3.8) is 0 Å². The number of rotatable bonds is 8. The summed E-state index contributed by atoms with van der Waals surface area (Å²) in [6.07, 6.45) is -15.2. The minimum Gasteiger partial charge on any atom is -0.308 e. The molecule has 0 aliphatic heterocycles. The Balaban J connectivity index is 1.29. The van der Waals surface area contributed by atoms with Gasteiger partial charge in [0.25, 0.3) is 0 Å². The number of nitrogens with zero attached hydrogens (tertiary/aromatic N) is 6. The van der Waals surface area contributed by atoms with Crippen molar-refractivity contribution in [2.24, 2.45) is 0 Å². The van der Waals surface area contributed by atoms with Gasteiger partial charge in [-0.15, -0.1) is 0 Å². The Labute approximate surface area is 439 Å². The smallest absolute Gasteiger partial charge is 0.308 e. The van der Waals surface area contributed by atoms with E-state index in [2.05, 4.69) is 12.1 Å². The number of nitriles is 2. The summed E-state index contributed by atoms with van der Waals surface area (Å²) >= 11 is 0. The summed E-state index contributed by atoms with van der Waals surface area (Å²) in [4.78, 5) is 14.9. The van der Waals surface area contributed by atoms with Crippen LogP contribution in [0.4, 0.5) is 39.5 Å². The van der Waals surface area contributed by atoms with Crippen molar-refractivity contribution in [3.8, 4) is 96.5 Å². The zero-order chi connectivity index (χ0) is 54.7. The molecule has 6 nitrogen and oxygen atoms in total. The molecule has 0 aliphatic rings. The first-order valence-electron chi connectivity index (χ1n) is 24.0. The molecule has 0 fully saturated rings. The van der Waals surface area contributed by atoms with E-state index < -0.39 is 40.8 Å². The highest BCUT2D eigenvalue weighted by Crippen LogP contribution is 2.48. The lowest BCUT2D eigenvalue weighted by Crippen LogP contribution is -2.12. The molecular formula is C63H35F9N6. The maximum atomic E-state index is 14.9. The quantitative estimate of drug-likeness (QED) is 0.141. The third-order valence-electron chi connectivity index (χ3n) is 13.5. The monoisotopic (exact) mass is 1050 g/mol. The zero-order valence-corrected chi connectivity index (χ0v) is 40.6. The molecule has 0 radical (unpaired) electrons.